The maximum atomic E-state index is 13.7. The lowest BCUT2D eigenvalue weighted by atomic mass is 10.0. The number of aliphatic hydroxyl groups is 1. The monoisotopic (exact) mass is 302 g/mol. The van der Waals surface area contributed by atoms with Crippen molar-refractivity contribution in [2.24, 2.45) is 5.92 Å². The number of nitro benzene ring substituents is 1. The van der Waals surface area contributed by atoms with E-state index in [-0.39, 0.29) is 12.5 Å². The highest BCUT2D eigenvalue weighted by atomic mass is 19.1. The van der Waals surface area contributed by atoms with Crippen molar-refractivity contribution < 1.29 is 23.6 Å². The zero-order valence-corrected chi connectivity index (χ0v) is 11.6. The standard InChI is InChI=1S/C13H16F2N2O4/c1-7(2)3-8(6-18)16-13(19)9-4-11(15)12(17(20)21)5-10(9)14/h4-5,7-8,18H,3,6H2,1-2H3,(H,16,19). The van der Waals surface area contributed by atoms with E-state index >= 15 is 0 Å². The van der Waals surface area contributed by atoms with E-state index in [9.17, 15) is 23.7 Å². The SMILES string of the molecule is CC(C)CC(CO)NC(=O)c1cc(F)c([N+](=O)[O-])cc1F. The summed E-state index contributed by atoms with van der Waals surface area (Å²) in [5.41, 5.74) is -1.68. The van der Waals surface area contributed by atoms with E-state index in [0.29, 0.717) is 18.6 Å². The Morgan fingerprint density at radius 2 is 2.00 bits per heavy atom. The van der Waals surface area contributed by atoms with Gasteiger partial charge in [-0.15, -0.1) is 0 Å². The smallest absolute Gasteiger partial charge is 0.307 e. The van der Waals surface area contributed by atoms with E-state index in [1.54, 1.807) is 0 Å². The molecule has 0 saturated heterocycles. The van der Waals surface area contributed by atoms with Gasteiger partial charge in [-0.05, 0) is 18.4 Å². The van der Waals surface area contributed by atoms with E-state index in [4.69, 9.17) is 5.11 Å². The fourth-order valence-corrected chi connectivity index (χ4v) is 1.86. The lowest BCUT2D eigenvalue weighted by Gasteiger charge is -2.18. The summed E-state index contributed by atoms with van der Waals surface area (Å²) in [5.74, 6) is -3.24. The zero-order chi connectivity index (χ0) is 16.2. The summed E-state index contributed by atoms with van der Waals surface area (Å²) in [6.07, 6.45) is 0.458. The number of amides is 1. The molecule has 0 heterocycles. The Morgan fingerprint density at radius 1 is 1.38 bits per heavy atom. The van der Waals surface area contributed by atoms with Crippen molar-refractivity contribution in [3.8, 4) is 0 Å². The fraction of sp³-hybridized carbons (Fsp3) is 0.462. The third-order valence-electron chi connectivity index (χ3n) is 2.79. The molecule has 0 aromatic heterocycles. The Labute approximate surface area is 119 Å². The minimum atomic E-state index is -1.30. The van der Waals surface area contributed by atoms with Crippen LogP contribution in [0.4, 0.5) is 14.5 Å². The van der Waals surface area contributed by atoms with Crippen LogP contribution in [0, 0.1) is 27.7 Å². The third-order valence-corrected chi connectivity index (χ3v) is 2.79. The average Bonchev–Trinajstić information content (AvgIpc) is 2.39. The third kappa shape index (κ3) is 4.45. The van der Waals surface area contributed by atoms with Gasteiger partial charge < -0.3 is 10.4 Å². The van der Waals surface area contributed by atoms with Crippen LogP contribution < -0.4 is 5.32 Å². The van der Waals surface area contributed by atoms with Crippen LogP contribution >= 0.6 is 0 Å². The molecule has 21 heavy (non-hydrogen) atoms. The number of benzene rings is 1. The first-order chi connectivity index (χ1) is 9.76. The van der Waals surface area contributed by atoms with Crippen molar-refractivity contribution in [2.75, 3.05) is 6.61 Å². The molecular formula is C13H16F2N2O4. The van der Waals surface area contributed by atoms with Crippen molar-refractivity contribution in [3.05, 3.63) is 39.4 Å². The number of aliphatic hydroxyl groups excluding tert-OH is 1. The number of nitrogens with zero attached hydrogens (tertiary/aromatic N) is 1. The lowest BCUT2D eigenvalue weighted by Crippen LogP contribution is -2.38. The van der Waals surface area contributed by atoms with E-state index in [0.717, 1.165) is 0 Å². The van der Waals surface area contributed by atoms with Crippen LogP contribution in [0.15, 0.2) is 12.1 Å². The molecule has 1 atom stereocenters. The average molecular weight is 302 g/mol. The van der Waals surface area contributed by atoms with Crippen LogP contribution in [0.25, 0.3) is 0 Å². The molecule has 1 rings (SSSR count). The van der Waals surface area contributed by atoms with Crippen LogP contribution in [-0.4, -0.2) is 28.6 Å². The van der Waals surface area contributed by atoms with Gasteiger partial charge in [-0.2, -0.15) is 4.39 Å². The number of hydrogen-bond acceptors (Lipinski definition) is 4. The fourth-order valence-electron chi connectivity index (χ4n) is 1.86. The molecule has 116 valence electrons. The second-order valence-corrected chi connectivity index (χ2v) is 5.02. The Bertz CT molecular complexity index is 549. The minimum Gasteiger partial charge on any atom is -0.394 e. The van der Waals surface area contributed by atoms with Gasteiger partial charge in [0.2, 0.25) is 5.82 Å². The van der Waals surface area contributed by atoms with E-state index in [2.05, 4.69) is 5.32 Å². The number of halogens is 2. The summed E-state index contributed by atoms with van der Waals surface area (Å²) in [4.78, 5) is 21.2. The second-order valence-electron chi connectivity index (χ2n) is 5.02. The number of carbonyl (C=O) groups is 1. The number of nitro groups is 1. The normalized spacial score (nSPS) is 12.3. The highest BCUT2D eigenvalue weighted by Gasteiger charge is 2.23. The molecule has 0 aliphatic rings. The predicted octanol–water partition coefficient (Wildman–Crippen LogP) is 2.01. The zero-order valence-electron chi connectivity index (χ0n) is 11.6. The van der Waals surface area contributed by atoms with Gasteiger partial charge in [-0.3, -0.25) is 14.9 Å². The summed E-state index contributed by atoms with van der Waals surface area (Å²) in [5, 5.41) is 22.0. The van der Waals surface area contributed by atoms with Crippen LogP contribution in [-0.2, 0) is 0 Å². The van der Waals surface area contributed by atoms with Crippen molar-refractivity contribution in [1.29, 1.82) is 0 Å². The lowest BCUT2D eigenvalue weighted by molar-refractivity contribution is -0.387. The number of rotatable bonds is 6. The number of hydrogen-bond donors (Lipinski definition) is 2. The van der Waals surface area contributed by atoms with Gasteiger partial charge in [0.05, 0.1) is 29.2 Å². The molecule has 0 aliphatic carbocycles. The largest absolute Gasteiger partial charge is 0.394 e. The van der Waals surface area contributed by atoms with Gasteiger partial charge >= 0.3 is 5.69 Å². The second kappa shape index (κ2) is 7.07. The van der Waals surface area contributed by atoms with Gasteiger partial charge in [-0.25, -0.2) is 4.39 Å². The van der Waals surface area contributed by atoms with Gasteiger partial charge in [0, 0.05) is 0 Å². The highest BCUT2D eigenvalue weighted by molar-refractivity contribution is 5.95. The van der Waals surface area contributed by atoms with E-state index in [1.165, 1.54) is 0 Å². The molecule has 0 aliphatic heterocycles. The van der Waals surface area contributed by atoms with Gasteiger partial charge in [-0.1, -0.05) is 13.8 Å². The van der Waals surface area contributed by atoms with Gasteiger partial charge in [0.25, 0.3) is 5.91 Å². The topological polar surface area (TPSA) is 92.5 Å². The highest BCUT2D eigenvalue weighted by Crippen LogP contribution is 2.21. The summed E-state index contributed by atoms with van der Waals surface area (Å²) < 4.78 is 27.1. The number of carbonyl (C=O) groups excluding carboxylic acids is 1. The summed E-state index contributed by atoms with van der Waals surface area (Å²) in [6.45, 7) is 3.41. The van der Waals surface area contributed by atoms with Crippen LogP contribution in [0.2, 0.25) is 0 Å². The molecule has 1 unspecified atom stereocenters. The summed E-state index contributed by atoms with van der Waals surface area (Å²) in [6, 6.07) is 0.239. The first-order valence-corrected chi connectivity index (χ1v) is 6.31. The molecule has 0 bridgehead atoms. The molecule has 2 N–H and O–H groups in total. The predicted molar refractivity (Wildman–Crippen MR) is 70.8 cm³/mol. The first-order valence-electron chi connectivity index (χ1n) is 6.31. The maximum absolute atomic E-state index is 13.7. The molecule has 1 amide bonds. The molecular weight excluding hydrogens is 286 g/mol. The quantitative estimate of drug-likeness (QED) is 0.621. The van der Waals surface area contributed by atoms with E-state index < -0.39 is 39.8 Å². The Hall–Kier alpha value is -2.09. The Balaban J connectivity index is 2.97. The van der Waals surface area contributed by atoms with Crippen molar-refractivity contribution in [2.45, 2.75) is 26.3 Å². The van der Waals surface area contributed by atoms with E-state index in [1.807, 2.05) is 13.8 Å². The maximum Gasteiger partial charge on any atom is 0.307 e. The molecule has 6 nitrogen and oxygen atoms in total. The molecule has 1 aromatic rings. The molecule has 0 spiro atoms. The van der Waals surface area contributed by atoms with Crippen molar-refractivity contribution >= 4 is 11.6 Å². The minimum absolute atomic E-state index is 0.181. The Kier molecular flexibility index (Phi) is 5.71. The Morgan fingerprint density at radius 3 is 2.48 bits per heavy atom. The summed E-state index contributed by atoms with van der Waals surface area (Å²) in [7, 11) is 0. The van der Waals surface area contributed by atoms with Gasteiger partial charge in [0.15, 0.2) is 0 Å². The van der Waals surface area contributed by atoms with Gasteiger partial charge in [0.1, 0.15) is 5.82 Å². The van der Waals surface area contributed by atoms with Crippen LogP contribution in [0.3, 0.4) is 0 Å². The molecule has 0 fully saturated rings. The number of nitrogens with one attached hydrogen (secondary N) is 1. The molecule has 1 aromatic carbocycles. The summed E-state index contributed by atoms with van der Waals surface area (Å²) >= 11 is 0. The van der Waals surface area contributed by atoms with Crippen LogP contribution in [0.5, 0.6) is 0 Å². The first kappa shape index (κ1) is 17.0. The molecule has 0 radical (unpaired) electrons. The van der Waals surface area contributed by atoms with Crippen molar-refractivity contribution in [1.82, 2.24) is 5.32 Å². The molecule has 8 heteroatoms. The van der Waals surface area contributed by atoms with Crippen LogP contribution in [0.1, 0.15) is 30.6 Å². The molecule has 0 saturated carbocycles. The van der Waals surface area contributed by atoms with Crippen molar-refractivity contribution in [3.63, 3.8) is 0 Å².